The highest BCUT2D eigenvalue weighted by Crippen LogP contribution is 2.18. The van der Waals surface area contributed by atoms with Crippen LogP contribution in [0.2, 0.25) is 0 Å². The fourth-order valence-electron chi connectivity index (χ4n) is 2.19. The first-order chi connectivity index (χ1) is 8.28. The molecule has 0 bridgehead atoms. The zero-order valence-corrected chi connectivity index (χ0v) is 11.0. The van der Waals surface area contributed by atoms with Crippen LogP contribution in [0.3, 0.4) is 0 Å². The predicted octanol–water partition coefficient (Wildman–Crippen LogP) is 2.18. The van der Waals surface area contributed by atoms with Gasteiger partial charge in [-0.3, -0.25) is 4.79 Å². The van der Waals surface area contributed by atoms with Crippen molar-refractivity contribution in [3.63, 3.8) is 0 Å². The molecule has 1 aliphatic rings. The Morgan fingerprint density at radius 3 is 2.88 bits per heavy atom. The molecule has 1 aromatic rings. The van der Waals surface area contributed by atoms with Crippen molar-refractivity contribution in [3.05, 3.63) is 11.1 Å². The van der Waals surface area contributed by atoms with Gasteiger partial charge in [0.05, 0.1) is 12.1 Å². The molecular formula is C12H19N3OS. The van der Waals surface area contributed by atoms with Crippen LogP contribution in [0, 0.1) is 0 Å². The topological polar surface area (TPSA) is 54.0 Å². The van der Waals surface area contributed by atoms with Gasteiger partial charge in [0, 0.05) is 18.5 Å². The quantitative estimate of drug-likeness (QED) is 0.864. The first-order valence-electron chi connectivity index (χ1n) is 6.19. The molecule has 1 saturated carbocycles. The Labute approximate surface area is 106 Å². The van der Waals surface area contributed by atoms with E-state index in [2.05, 4.69) is 15.6 Å². The van der Waals surface area contributed by atoms with Crippen LogP contribution < -0.4 is 10.6 Å². The highest BCUT2D eigenvalue weighted by Gasteiger charge is 2.16. The second kappa shape index (κ2) is 6.00. The Morgan fingerprint density at radius 1 is 1.47 bits per heavy atom. The van der Waals surface area contributed by atoms with Crippen LogP contribution in [0.4, 0.5) is 5.13 Å². The van der Waals surface area contributed by atoms with Gasteiger partial charge in [0.25, 0.3) is 0 Å². The third-order valence-corrected chi connectivity index (χ3v) is 3.99. The summed E-state index contributed by atoms with van der Waals surface area (Å²) in [5.41, 5.74) is 0.854. The van der Waals surface area contributed by atoms with Gasteiger partial charge in [-0.2, -0.15) is 0 Å². The standard InChI is InChI=1S/C12H19N3OS/c1-13-12-15-10(8-17-12)7-11(16)14-9-5-3-2-4-6-9/h8-9H,2-7H2,1H3,(H,13,15)(H,14,16). The van der Waals surface area contributed by atoms with E-state index in [0.717, 1.165) is 23.7 Å². The van der Waals surface area contributed by atoms with Crippen LogP contribution in [0.5, 0.6) is 0 Å². The first-order valence-corrected chi connectivity index (χ1v) is 7.07. The summed E-state index contributed by atoms with van der Waals surface area (Å²) in [5.74, 6) is 0.102. The number of carbonyl (C=O) groups excluding carboxylic acids is 1. The van der Waals surface area contributed by atoms with Crippen molar-refractivity contribution >= 4 is 22.4 Å². The molecule has 1 aromatic heterocycles. The van der Waals surface area contributed by atoms with Crippen LogP contribution in [-0.4, -0.2) is 24.0 Å². The molecule has 0 unspecified atom stereocenters. The number of anilines is 1. The lowest BCUT2D eigenvalue weighted by molar-refractivity contribution is -0.121. The first kappa shape index (κ1) is 12.4. The lowest BCUT2D eigenvalue weighted by Gasteiger charge is -2.22. The largest absolute Gasteiger partial charge is 0.365 e. The van der Waals surface area contributed by atoms with Gasteiger partial charge in [0.15, 0.2) is 5.13 Å². The maximum Gasteiger partial charge on any atom is 0.226 e. The van der Waals surface area contributed by atoms with Crippen molar-refractivity contribution in [1.29, 1.82) is 0 Å². The highest BCUT2D eigenvalue weighted by molar-refractivity contribution is 7.13. The van der Waals surface area contributed by atoms with E-state index in [1.54, 1.807) is 0 Å². The molecule has 2 rings (SSSR count). The van der Waals surface area contributed by atoms with Gasteiger partial charge >= 0.3 is 0 Å². The summed E-state index contributed by atoms with van der Waals surface area (Å²) in [6.07, 6.45) is 6.45. The van der Waals surface area contributed by atoms with Crippen LogP contribution in [0.1, 0.15) is 37.8 Å². The van der Waals surface area contributed by atoms with Crippen LogP contribution in [0.25, 0.3) is 0 Å². The van der Waals surface area contributed by atoms with E-state index in [1.165, 1.54) is 30.6 Å². The predicted molar refractivity (Wildman–Crippen MR) is 70.4 cm³/mol. The molecule has 94 valence electrons. The molecule has 0 atom stereocenters. The molecule has 0 saturated heterocycles. The molecule has 0 aromatic carbocycles. The van der Waals surface area contributed by atoms with E-state index in [9.17, 15) is 4.79 Å². The van der Waals surface area contributed by atoms with E-state index in [0.29, 0.717) is 12.5 Å². The number of nitrogens with zero attached hydrogens (tertiary/aromatic N) is 1. The Hall–Kier alpha value is -1.10. The fraction of sp³-hybridized carbons (Fsp3) is 0.667. The molecule has 2 N–H and O–H groups in total. The number of nitrogens with one attached hydrogen (secondary N) is 2. The lowest BCUT2D eigenvalue weighted by atomic mass is 9.95. The van der Waals surface area contributed by atoms with Crippen LogP contribution in [0.15, 0.2) is 5.38 Å². The number of hydrogen-bond donors (Lipinski definition) is 2. The summed E-state index contributed by atoms with van der Waals surface area (Å²) < 4.78 is 0. The molecule has 5 heteroatoms. The number of rotatable bonds is 4. The summed E-state index contributed by atoms with van der Waals surface area (Å²) in [7, 11) is 1.84. The zero-order valence-electron chi connectivity index (χ0n) is 10.2. The third kappa shape index (κ3) is 3.70. The molecule has 1 amide bonds. The molecule has 1 aliphatic carbocycles. The average Bonchev–Trinajstić information content (AvgIpc) is 2.78. The van der Waals surface area contributed by atoms with E-state index in [-0.39, 0.29) is 5.91 Å². The second-order valence-corrected chi connectivity index (χ2v) is 5.33. The van der Waals surface area contributed by atoms with Crippen molar-refractivity contribution in [1.82, 2.24) is 10.3 Å². The van der Waals surface area contributed by atoms with E-state index in [1.807, 2.05) is 12.4 Å². The van der Waals surface area contributed by atoms with Crippen LogP contribution in [-0.2, 0) is 11.2 Å². The van der Waals surface area contributed by atoms with Gasteiger partial charge in [-0.25, -0.2) is 4.98 Å². The van der Waals surface area contributed by atoms with Gasteiger partial charge in [0.2, 0.25) is 5.91 Å². The molecule has 17 heavy (non-hydrogen) atoms. The van der Waals surface area contributed by atoms with E-state index < -0.39 is 0 Å². The number of carbonyl (C=O) groups is 1. The molecule has 0 spiro atoms. The SMILES string of the molecule is CNc1nc(CC(=O)NC2CCCCC2)cs1. The Morgan fingerprint density at radius 2 is 2.24 bits per heavy atom. The van der Waals surface area contributed by atoms with Crippen molar-refractivity contribution < 1.29 is 4.79 Å². The maximum atomic E-state index is 11.8. The minimum Gasteiger partial charge on any atom is -0.365 e. The molecular weight excluding hydrogens is 234 g/mol. The summed E-state index contributed by atoms with van der Waals surface area (Å²) in [5, 5.41) is 8.88. The van der Waals surface area contributed by atoms with Gasteiger partial charge in [-0.1, -0.05) is 19.3 Å². The van der Waals surface area contributed by atoms with Gasteiger partial charge in [-0.05, 0) is 12.8 Å². The van der Waals surface area contributed by atoms with E-state index >= 15 is 0 Å². The Kier molecular flexibility index (Phi) is 4.36. The van der Waals surface area contributed by atoms with Crippen molar-refractivity contribution in [3.8, 4) is 0 Å². The number of amides is 1. The van der Waals surface area contributed by atoms with Gasteiger partial charge in [-0.15, -0.1) is 11.3 Å². The van der Waals surface area contributed by atoms with Crippen molar-refractivity contribution in [2.75, 3.05) is 12.4 Å². The molecule has 1 fully saturated rings. The summed E-state index contributed by atoms with van der Waals surface area (Å²) in [6, 6.07) is 0.388. The second-order valence-electron chi connectivity index (χ2n) is 4.47. The summed E-state index contributed by atoms with van der Waals surface area (Å²) >= 11 is 1.54. The molecule has 4 nitrogen and oxygen atoms in total. The highest BCUT2D eigenvalue weighted by atomic mass is 32.1. The van der Waals surface area contributed by atoms with Crippen molar-refractivity contribution in [2.24, 2.45) is 0 Å². The zero-order chi connectivity index (χ0) is 12.1. The smallest absolute Gasteiger partial charge is 0.226 e. The maximum absolute atomic E-state index is 11.8. The summed E-state index contributed by atoms with van der Waals surface area (Å²) in [6.45, 7) is 0. The number of thiazole rings is 1. The lowest BCUT2D eigenvalue weighted by Crippen LogP contribution is -2.37. The molecule has 0 radical (unpaired) electrons. The van der Waals surface area contributed by atoms with Crippen LogP contribution >= 0.6 is 11.3 Å². The third-order valence-electron chi connectivity index (χ3n) is 3.08. The fourth-order valence-corrected chi connectivity index (χ4v) is 2.86. The minimum absolute atomic E-state index is 0.102. The van der Waals surface area contributed by atoms with Gasteiger partial charge < -0.3 is 10.6 Å². The molecule has 0 aliphatic heterocycles. The monoisotopic (exact) mass is 253 g/mol. The Balaban J connectivity index is 1.79. The average molecular weight is 253 g/mol. The van der Waals surface area contributed by atoms with E-state index in [4.69, 9.17) is 0 Å². The van der Waals surface area contributed by atoms with Gasteiger partial charge in [0.1, 0.15) is 0 Å². The minimum atomic E-state index is 0.102. The number of hydrogen-bond acceptors (Lipinski definition) is 4. The normalized spacial score (nSPS) is 16.8. The Bertz CT molecular complexity index is 372. The number of aromatic nitrogens is 1. The van der Waals surface area contributed by atoms with Crippen molar-refractivity contribution in [2.45, 2.75) is 44.6 Å². The summed E-state index contributed by atoms with van der Waals surface area (Å²) in [4.78, 5) is 16.1. The molecule has 1 heterocycles.